The Kier molecular flexibility index (Phi) is 6.70. The Morgan fingerprint density at radius 3 is 2.49 bits per heavy atom. The summed E-state index contributed by atoms with van der Waals surface area (Å²) in [5, 5.41) is 10.1. The van der Waals surface area contributed by atoms with Gasteiger partial charge in [-0.25, -0.2) is 5.01 Å². The van der Waals surface area contributed by atoms with Crippen molar-refractivity contribution in [2.24, 2.45) is 10.1 Å². The molecular formula is C27H23ClN4O2S. The summed E-state index contributed by atoms with van der Waals surface area (Å²) in [6.07, 6.45) is 0.705. The number of para-hydroxylation sites is 1. The van der Waals surface area contributed by atoms with Gasteiger partial charge in [0.1, 0.15) is 5.25 Å². The SMILES string of the molecule is Cc1ccc(C2=NN(C3=NC(=O)C(CC(=O)Nc4ccccc4)S3)C(c3ccc(Cl)cc3)C2)cc1. The van der Waals surface area contributed by atoms with Crippen LogP contribution in [-0.4, -0.2) is 33.0 Å². The highest BCUT2D eigenvalue weighted by molar-refractivity contribution is 8.15. The summed E-state index contributed by atoms with van der Waals surface area (Å²) in [5.41, 5.74) is 4.86. The Balaban J connectivity index is 1.36. The molecule has 2 unspecified atom stereocenters. The lowest BCUT2D eigenvalue weighted by atomic mass is 9.98. The van der Waals surface area contributed by atoms with Crippen LogP contribution in [0.1, 0.15) is 35.6 Å². The van der Waals surface area contributed by atoms with Crippen LogP contribution in [0, 0.1) is 6.92 Å². The second-order valence-electron chi connectivity index (χ2n) is 8.49. The first-order valence-electron chi connectivity index (χ1n) is 11.3. The van der Waals surface area contributed by atoms with Crippen molar-refractivity contribution in [2.45, 2.75) is 31.1 Å². The van der Waals surface area contributed by atoms with Gasteiger partial charge in [-0.2, -0.15) is 10.1 Å². The maximum Gasteiger partial charge on any atom is 0.262 e. The summed E-state index contributed by atoms with van der Waals surface area (Å²) in [4.78, 5) is 29.6. The van der Waals surface area contributed by atoms with Crippen molar-refractivity contribution in [3.05, 3.63) is 101 Å². The van der Waals surface area contributed by atoms with E-state index in [1.165, 1.54) is 17.3 Å². The first kappa shape index (κ1) is 23.3. The monoisotopic (exact) mass is 502 g/mol. The van der Waals surface area contributed by atoms with E-state index in [9.17, 15) is 9.59 Å². The number of anilines is 1. The minimum absolute atomic E-state index is 0.0411. The molecule has 0 radical (unpaired) electrons. The number of aliphatic imine (C=N–C) groups is 1. The van der Waals surface area contributed by atoms with Gasteiger partial charge in [0.05, 0.1) is 11.8 Å². The fourth-order valence-corrected chi connectivity index (χ4v) is 5.25. The predicted octanol–water partition coefficient (Wildman–Crippen LogP) is 5.83. The number of rotatable bonds is 5. The third-order valence-electron chi connectivity index (χ3n) is 5.90. The van der Waals surface area contributed by atoms with Gasteiger partial charge in [-0.1, -0.05) is 83.5 Å². The van der Waals surface area contributed by atoms with Gasteiger partial charge in [0.2, 0.25) is 5.91 Å². The number of amidine groups is 1. The highest BCUT2D eigenvalue weighted by atomic mass is 35.5. The fraction of sp³-hybridized carbons (Fsp3) is 0.185. The van der Waals surface area contributed by atoms with Crippen molar-refractivity contribution >= 4 is 51.7 Å². The van der Waals surface area contributed by atoms with Crippen molar-refractivity contribution in [2.75, 3.05) is 5.32 Å². The van der Waals surface area contributed by atoms with Crippen LogP contribution in [-0.2, 0) is 9.59 Å². The second kappa shape index (κ2) is 10.1. The molecule has 0 saturated heterocycles. The lowest BCUT2D eigenvalue weighted by Gasteiger charge is -2.23. The molecule has 0 aromatic heterocycles. The molecule has 0 bridgehead atoms. The standard InChI is InChI=1S/C27H23ClN4O2S/c1-17-7-9-18(10-8-17)22-15-23(19-11-13-20(28)14-12-19)32(31-22)27-30-26(34)24(35-27)16-25(33)29-21-5-3-2-4-6-21/h2-14,23-24H,15-16H2,1H3,(H,29,33). The summed E-state index contributed by atoms with van der Waals surface area (Å²) in [7, 11) is 0. The van der Waals surface area contributed by atoms with E-state index in [1.807, 2.05) is 66.5 Å². The Hall–Kier alpha value is -3.42. The first-order valence-corrected chi connectivity index (χ1v) is 12.6. The predicted molar refractivity (Wildman–Crippen MR) is 142 cm³/mol. The molecule has 2 amide bonds. The molecule has 3 aromatic rings. The van der Waals surface area contributed by atoms with Gasteiger partial charge in [0.25, 0.3) is 5.91 Å². The molecule has 3 aromatic carbocycles. The van der Waals surface area contributed by atoms with Crippen LogP contribution >= 0.6 is 23.4 Å². The van der Waals surface area contributed by atoms with Gasteiger partial charge in [-0.05, 0) is 42.3 Å². The van der Waals surface area contributed by atoms with E-state index < -0.39 is 5.25 Å². The molecule has 2 aliphatic heterocycles. The van der Waals surface area contributed by atoms with Crippen molar-refractivity contribution in [3.8, 4) is 0 Å². The number of nitrogens with zero attached hydrogens (tertiary/aromatic N) is 3. The lowest BCUT2D eigenvalue weighted by Crippen LogP contribution is -2.25. The highest BCUT2D eigenvalue weighted by Crippen LogP contribution is 2.39. The van der Waals surface area contributed by atoms with E-state index in [-0.39, 0.29) is 24.3 Å². The summed E-state index contributed by atoms with van der Waals surface area (Å²) < 4.78 is 0. The highest BCUT2D eigenvalue weighted by Gasteiger charge is 2.39. The van der Waals surface area contributed by atoms with E-state index in [2.05, 4.69) is 34.6 Å². The van der Waals surface area contributed by atoms with Gasteiger partial charge in [0, 0.05) is 23.6 Å². The molecule has 2 atom stereocenters. The number of carbonyl (C=O) groups is 2. The van der Waals surface area contributed by atoms with Crippen molar-refractivity contribution in [1.82, 2.24) is 5.01 Å². The molecule has 8 heteroatoms. The zero-order valence-corrected chi connectivity index (χ0v) is 20.6. The molecule has 5 rings (SSSR count). The minimum Gasteiger partial charge on any atom is -0.326 e. The Labute approximate surface area is 213 Å². The third-order valence-corrected chi connectivity index (χ3v) is 7.30. The van der Waals surface area contributed by atoms with E-state index >= 15 is 0 Å². The third kappa shape index (κ3) is 5.31. The number of hydrazone groups is 1. The minimum atomic E-state index is -0.585. The summed E-state index contributed by atoms with van der Waals surface area (Å²) in [6, 6.07) is 25.0. The topological polar surface area (TPSA) is 74.1 Å². The van der Waals surface area contributed by atoms with Crippen LogP contribution < -0.4 is 5.32 Å². The summed E-state index contributed by atoms with van der Waals surface area (Å²) >= 11 is 7.40. The number of benzene rings is 3. The van der Waals surface area contributed by atoms with Gasteiger partial charge in [0.15, 0.2) is 5.17 Å². The number of amides is 2. The molecule has 0 spiro atoms. The van der Waals surface area contributed by atoms with Crippen LogP contribution in [0.4, 0.5) is 5.69 Å². The summed E-state index contributed by atoms with van der Waals surface area (Å²) in [6.45, 7) is 2.05. The van der Waals surface area contributed by atoms with Gasteiger partial charge >= 0.3 is 0 Å². The largest absolute Gasteiger partial charge is 0.326 e. The van der Waals surface area contributed by atoms with Crippen LogP contribution in [0.5, 0.6) is 0 Å². The maximum absolute atomic E-state index is 12.7. The molecular weight excluding hydrogens is 480 g/mol. The van der Waals surface area contributed by atoms with Crippen molar-refractivity contribution < 1.29 is 9.59 Å². The van der Waals surface area contributed by atoms with Crippen LogP contribution in [0.3, 0.4) is 0 Å². The summed E-state index contributed by atoms with van der Waals surface area (Å²) in [5.74, 6) is -0.542. The molecule has 1 N–H and O–H groups in total. The molecule has 0 fully saturated rings. The fourth-order valence-electron chi connectivity index (χ4n) is 4.06. The number of thioether (sulfide) groups is 1. The van der Waals surface area contributed by atoms with Crippen LogP contribution in [0.25, 0.3) is 0 Å². The molecule has 0 aliphatic carbocycles. The Morgan fingerprint density at radius 2 is 1.77 bits per heavy atom. The first-order chi connectivity index (χ1) is 17.0. The molecule has 35 heavy (non-hydrogen) atoms. The van der Waals surface area contributed by atoms with E-state index in [0.717, 1.165) is 16.8 Å². The number of carbonyl (C=O) groups excluding carboxylic acids is 2. The maximum atomic E-state index is 12.7. The number of aryl methyl sites for hydroxylation is 1. The molecule has 2 aliphatic rings. The zero-order chi connectivity index (χ0) is 24.4. The Bertz CT molecular complexity index is 1310. The second-order valence-corrected chi connectivity index (χ2v) is 10.1. The van der Waals surface area contributed by atoms with E-state index in [0.29, 0.717) is 22.3 Å². The lowest BCUT2D eigenvalue weighted by molar-refractivity contribution is -0.121. The molecule has 6 nitrogen and oxygen atoms in total. The Morgan fingerprint density at radius 1 is 1.06 bits per heavy atom. The van der Waals surface area contributed by atoms with Gasteiger partial charge in [-0.3, -0.25) is 9.59 Å². The average molecular weight is 503 g/mol. The van der Waals surface area contributed by atoms with E-state index in [4.69, 9.17) is 16.7 Å². The smallest absolute Gasteiger partial charge is 0.262 e. The average Bonchev–Trinajstić information content (AvgIpc) is 3.45. The van der Waals surface area contributed by atoms with Crippen molar-refractivity contribution in [1.29, 1.82) is 0 Å². The number of nitrogens with one attached hydrogen (secondary N) is 1. The number of hydrogen-bond acceptors (Lipinski definition) is 5. The number of halogens is 1. The molecule has 0 saturated carbocycles. The van der Waals surface area contributed by atoms with Crippen LogP contribution in [0.15, 0.2) is 89.0 Å². The van der Waals surface area contributed by atoms with Gasteiger partial charge < -0.3 is 5.32 Å². The van der Waals surface area contributed by atoms with Crippen LogP contribution in [0.2, 0.25) is 5.02 Å². The quantitative estimate of drug-likeness (QED) is 0.476. The van der Waals surface area contributed by atoms with Crippen molar-refractivity contribution in [3.63, 3.8) is 0 Å². The molecule has 176 valence electrons. The number of hydrogen-bond donors (Lipinski definition) is 1. The molecule has 2 heterocycles. The van der Waals surface area contributed by atoms with E-state index in [1.54, 1.807) is 0 Å². The normalized spacial score (nSPS) is 19.5. The zero-order valence-electron chi connectivity index (χ0n) is 19.0. The van der Waals surface area contributed by atoms with Gasteiger partial charge in [-0.15, -0.1) is 0 Å².